The van der Waals surface area contributed by atoms with Crippen LogP contribution in [0.5, 0.6) is 0 Å². The highest BCUT2D eigenvalue weighted by Gasteiger charge is 2.42. The van der Waals surface area contributed by atoms with Crippen molar-refractivity contribution in [3.8, 4) is 0 Å². The molecule has 1 heterocycles. The van der Waals surface area contributed by atoms with Crippen LogP contribution in [0, 0.1) is 11.8 Å². The number of sulfonamides is 2. The van der Waals surface area contributed by atoms with Gasteiger partial charge in [-0.25, -0.2) is 16.8 Å². The van der Waals surface area contributed by atoms with E-state index >= 15 is 0 Å². The molecule has 0 saturated heterocycles. The maximum Gasteiger partial charge on any atom is 0.251 e. The average molecular weight is 253 g/mol. The monoisotopic (exact) mass is 253 g/mol. The highest BCUT2D eigenvalue weighted by Crippen LogP contribution is 2.34. The van der Waals surface area contributed by atoms with Crippen LogP contribution in [0.4, 0.5) is 0 Å². The predicted octanol–water partition coefficient (Wildman–Crippen LogP) is 0.773. The molecule has 0 aromatic heterocycles. The van der Waals surface area contributed by atoms with Gasteiger partial charge in [-0.3, -0.25) is 0 Å². The van der Waals surface area contributed by atoms with Crippen molar-refractivity contribution in [2.24, 2.45) is 11.8 Å². The van der Waals surface area contributed by atoms with E-state index in [2.05, 4.69) is 0 Å². The topological polar surface area (TPSA) is 80.3 Å². The first-order valence-corrected chi connectivity index (χ1v) is 7.59. The summed E-state index contributed by atoms with van der Waals surface area (Å²) in [5.74, 6) is -0.672. The second-order valence-corrected chi connectivity index (χ2v) is 7.69. The van der Waals surface area contributed by atoms with Gasteiger partial charge in [0.15, 0.2) is 0 Å². The SMILES string of the molecule is CC(C)C1=C(C(C)C)S(=O)(=O)NS1(=O)=O. The Morgan fingerprint density at radius 2 is 1.07 bits per heavy atom. The molecule has 1 rings (SSSR count). The van der Waals surface area contributed by atoms with Gasteiger partial charge in [-0.15, -0.1) is 4.13 Å². The van der Waals surface area contributed by atoms with Gasteiger partial charge in [0.25, 0.3) is 20.0 Å². The van der Waals surface area contributed by atoms with Crippen molar-refractivity contribution in [2.45, 2.75) is 27.7 Å². The summed E-state index contributed by atoms with van der Waals surface area (Å²) < 4.78 is 48.0. The zero-order valence-electron chi connectivity index (χ0n) is 9.10. The van der Waals surface area contributed by atoms with Crippen LogP contribution in [-0.4, -0.2) is 16.8 Å². The minimum absolute atomic E-state index is 0.00231. The van der Waals surface area contributed by atoms with E-state index in [1.165, 1.54) is 0 Å². The van der Waals surface area contributed by atoms with Gasteiger partial charge in [0.2, 0.25) is 0 Å². The molecule has 1 aliphatic rings. The molecule has 0 aromatic carbocycles. The van der Waals surface area contributed by atoms with Gasteiger partial charge in [0, 0.05) is 0 Å². The van der Waals surface area contributed by atoms with Crippen LogP contribution in [0.15, 0.2) is 9.81 Å². The van der Waals surface area contributed by atoms with Crippen LogP contribution in [0.2, 0.25) is 0 Å². The molecule has 5 nitrogen and oxygen atoms in total. The summed E-state index contributed by atoms with van der Waals surface area (Å²) in [6.07, 6.45) is 0. The first-order chi connectivity index (χ1) is 6.59. The van der Waals surface area contributed by atoms with Gasteiger partial charge in [-0.2, -0.15) is 0 Å². The second-order valence-electron chi connectivity index (χ2n) is 4.13. The largest absolute Gasteiger partial charge is 0.251 e. The standard InChI is InChI=1S/C8H15NO4S2/c1-5(2)7-8(6(3)4)15(12,13)9-14(7,10)11/h5-6,9H,1-4H3. The molecule has 7 heteroatoms. The van der Waals surface area contributed by atoms with Gasteiger partial charge < -0.3 is 0 Å². The van der Waals surface area contributed by atoms with E-state index in [4.69, 9.17) is 0 Å². The van der Waals surface area contributed by atoms with E-state index < -0.39 is 20.0 Å². The van der Waals surface area contributed by atoms with Crippen LogP contribution < -0.4 is 4.13 Å². The van der Waals surface area contributed by atoms with Crippen LogP contribution in [0.25, 0.3) is 0 Å². The Balaban J connectivity index is 3.63. The lowest BCUT2D eigenvalue weighted by atomic mass is 10.1. The Morgan fingerprint density at radius 3 is 1.27 bits per heavy atom. The molecule has 1 N–H and O–H groups in total. The average Bonchev–Trinajstić information content (AvgIpc) is 2.13. The summed E-state index contributed by atoms with van der Waals surface area (Å²) in [5, 5.41) is 0. The Kier molecular flexibility index (Phi) is 3.01. The van der Waals surface area contributed by atoms with Gasteiger partial charge in [0.05, 0.1) is 9.81 Å². The Labute approximate surface area is 90.7 Å². The lowest BCUT2D eigenvalue weighted by molar-refractivity contribution is 0.585. The molecule has 15 heavy (non-hydrogen) atoms. The van der Waals surface area contributed by atoms with Crippen LogP contribution in [-0.2, 0) is 20.0 Å². The van der Waals surface area contributed by atoms with Crippen LogP contribution in [0.3, 0.4) is 0 Å². The summed E-state index contributed by atoms with van der Waals surface area (Å²) >= 11 is 0. The van der Waals surface area contributed by atoms with Crippen molar-refractivity contribution in [3.05, 3.63) is 9.81 Å². The third-order valence-corrected chi connectivity index (χ3v) is 6.52. The van der Waals surface area contributed by atoms with Crippen molar-refractivity contribution >= 4 is 20.0 Å². The van der Waals surface area contributed by atoms with E-state index in [1.807, 2.05) is 0 Å². The van der Waals surface area contributed by atoms with E-state index in [0.29, 0.717) is 0 Å². The second kappa shape index (κ2) is 3.57. The summed E-state index contributed by atoms with van der Waals surface area (Å²) in [7, 11) is -7.69. The van der Waals surface area contributed by atoms with Gasteiger partial charge in [-0.1, -0.05) is 27.7 Å². The van der Waals surface area contributed by atoms with Crippen molar-refractivity contribution in [2.75, 3.05) is 0 Å². The molecule has 0 atom stereocenters. The molecule has 0 fully saturated rings. The summed E-state index contributed by atoms with van der Waals surface area (Å²) in [4.78, 5) is -0.00463. The minimum atomic E-state index is -3.85. The third kappa shape index (κ3) is 2.09. The molecule has 88 valence electrons. The molecule has 0 amide bonds. The molecule has 0 spiro atoms. The number of allylic oxidation sites excluding steroid dienone is 2. The van der Waals surface area contributed by atoms with Gasteiger partial charge in [0.1, 0.15) is 0 Å². The number of nitrogens with one attached hydrogen (secondary N) is 1. The zero-order chi connectivity index (χ0) is 12.0. The zero-order valence-corrected chi connectivity index (χ0v) is 10.7. The molecular formula is C8H15NO4S2. The van der Waals surface area contributed by atoms with Crippen molar-refractivity contribution in [1.82, 2.24) is 4.13 Å². The molecule has 0 aromatic rings. The van der Waals surface area contributed by atoms with Crippen LogP contribution in [0.1, 0.15) is 27.7 Å². The van der Waals surface area contributed by atoms with E-state index in [1.54, 1.807) is 31.8 Å². The highest BCUT2D eigenvalue weighted by molar-refractivity contribution is 8.11. The fourth-order valence-electron chi connectivity index (χ4n) is 1.69. The smallest absolute Gasteiger partial charge is 0.206 e. The normalized spacial score (nSPS) is 24.1. The maximum absolute atomic E-state index is 11.6. The van der Waals surface area contributed by atoms with Crippen molar-refractivity contribution < 1.29 is 16.8 Å². The highest BCUT2D eigenvalue weighted by atomic mass is 32.3. The quantitative estimate of drug-likeness (QED) is 0.788. The molecule has 0 saturated carbocycles. The Hall–Kier alpha value is -0.400. The van der Waals surface area contributed by atoms with Crippen molar-refractivity contribution in [1.29, 1.82) is 0 Å². The van der Waals surface area contributed by atoms with Gasteiger partial charge >= 0.3 is 0 Å². The van der Waals surface area contributed by atoms with E-state index in [9.17, 15) is 16.8 Å². The number of hydrogen-bond donors (Lipinski definition) is 1. The summed E-state index contributed by atoms with van der Waals surface area (Å²) in [6.45, 7) is 6.66. The molecule has 0 radical (unpaired) electrons. The fourth-order valence-corrected chi connectivity index (χ4v) is 6.46. The third-order valence-electron chi connectivity index (χ3n) is 2.09. The Bertz CT molecular complexity index is 451. The predicted molar refractivity (Wildman–Crippen MR) is 57.7 cm³/mol. The number of hydrogen-bond acceptors (Lipinski definition) is 4. The lowest BCUT2D eigenvalue weighted by Gasteiger charge is -2.09. The molecule has 1 aliphatic heterocycles. The maximum atomic E-state index is 11.6. The summed E-state index contributed by atoms with van der Waals surface area (Å²) in [6, 6.07) is 0. The first kappa shape index (κ1) is 12.7. The fraction of sp³-hybridized carbons (Fsp3) is 0.750. The van der Waals surface area contributed by atoms with Crippen LogP contribution >= 0.6 is 0 Å². The lowest BCUT2D eigenvalue weighted by Crippen LogP contribution is -2.24. The van der Waals surface area contributed by atoms with Gasteiger partial charge in [-0.05, 0) is 11.8 Å². The first-order valence-electron chi connectivity index (χ1n) is 4.62. The Morgan fingerprint density at radius 1 is 0.800 bits per heavy atom. The minimum Gasteiger partial charge on any atom is -0.206 e. The number of rotatable bonds is 2. The molecule has 0 bridgehead atoms. The van der Waals surface area contributed by atoms with E-state index in [0.717, 1.165) is 0 Å². The molecular weight excluding hydrogens is 238 g/mol. The van der Waals surface area contributed by atoms with E-state index in [-0.39, 0.29) is 21.6 Å². The van der Waals surface area contributed by atoms with Crippen molar-refractivity contribution in [3.63, 3.8) is 0 Å². The summed E-state index contributed by atoms with van der Waals surface area (Å²) in [5.41, 5.74) is 0. The molecule has 0 aliphatic carbocycles. The molecule has 0 unspecified atom stereocenters.